The van der Waals surface area contributed by atoms with Gasteiger partial charge in [0.05, 0.1) is 15.6 Å². The fourth-order valence-corrected chi connectivity index (χ4v) is 5.96. The zero-order valence-corrected chi connectivity index (χ0v) is 24.7. The number of rotatable bonds is 12. The Morgan fingerprint density at radius 3 is 2.28 bits per heavy atom. The van der Waals surface area contributed by atoms with Gasteiger partial charge in [0.2, 0.25) is 11.8 Å². The third-order valence-electron chi connectivity index (χ3n) is 6.03. The third-order valence-corrected chi connectivity index (χ3v) is 8.59. The smallest absolute Gasteiger partial charge is 0.264 e. The normalized spacial score (nSPS) is 12.0. The zero-order valence-electron chi connectivity index (χ0n) is 21.6. The van der Waals surface area contributed by atoms with E-state index in [-0.39, 0.29) is 33.1 Å². The molecule has 0 spiro atoms. The van der Waals surface area contributed by atoms with Crippen LogP contribution in [0.2, 0.25) is 15.1 Å². The van der Waals surface area contributed by atoms with Crippen molar-refractivity contribution in [3.63, 3.8) is 0 Å². The van der Waals surface area contributed by atoms with Gasteiger partial charge in [-0.05, 0) is 61.4 Å². The van der Waals surface area contributed by atoms with Crippen molar-refractivity contribution < 1.29 is 18.0 Å². The highest BCUT2D eigenvalue weighted by Gasteiger charge is 2.33. The number of nitrogens with zero attached hydrogens (tertiary/aromatic N) is 2. The standard InChI is InChI=1S/C28H30Cl3N3O4S/c1-3-4-15-32-28(36)20(2)33(18-21-9-8-10-22(29)16-21)27(35)19-34(26-17-23(30)13-14-25(26)31)39(37,38)24-11-6-5-7-12-24/h5-14,16-17,20H,3-4,15,18-19H2,1-2H3,(H,32,36)/t20-/m1/s1. The van der Waals surface area contributed by atoms with Crippen LogP contribution in [0.15, 0.2) is 77.7 Å². The number of nitrogens with one attached hydrogen (secondary N) is 1. The van der Waals surface area contributed by atoms with E-state index < -0.39 is 28.5 Å². The lowest BCUT2D eigenvalue weighted by atomic mass is 10.1. The lowest BCUT2D eigenvalue weighted by Crippen LogP contribution is -2.51. The Morgan fingerprint density at radius 1 is 0.923 bits per heavy atom. The van der Waals surface area contributed by atoms with Gasteiger partial charge in [-0.25, -0.2) is 8.42 Å². The van der Waals surface area contributed by atoms with Crippen LogP contribution in [-0.4, -0.2) is 44.3 Å². The fraction of sp³-hybridized carbons (Fsp3) is 0.286. The average Bonchev–Trinajstić information content (AvgIpc) is 2.92. The van der Waals surface area contributed by atoms with Gasteiger partial charge in [-0.3, -0.25) is 13.9 Å². The van der Waals surface area contributed by atoms with Crippen LogP contribution in [0, 0.1) is 0 Å². The first-order chi connectivity index (χ1) is 18.5. The number of carbonyl (C=O) groups excluding carboxylic acids is 2. The van der Waals surface area contributed by atoms with Crippen molar-refractivity contribution in [1.82, 2.24) is 10.2 Å². The molecule has 3 aromatic carbocycles. The summed E-state index contributed by atoms with van der Waals surface area (Å²) in [5.74, 6) is -0.958. The number of sulfonamides is 1. The predicted molar refractivity (Wildman–Crippen MR) is 157 cm³/mol. The Morgan fingerprint density at radius 2 is 1.62 bits per heavy atom. The van der Waals surface area contributed by atoms with Gasteiger partial charge in [0.1, 0.15) is 12.6 Å². The number of amides is 2. The van der Waals surface area contributed by atoms with E-state index in [0.29, 0.717) is 17.1 Å². The summed E-state index contributed by atoms with van der Waals surface area (Å²) in [6, 6.07) is 18.1. The molecule has 0 aliphatic heterocycles. The molecule has 0 radical (unpaired) electrons. The Bertz CT molecular complexity index is 1400. The van der Waals surface area contributed by atoms with Crippen LogP contribution >= 0.6 is 34.8 Å². The zero-order chi connectivity index (χ0) is 28.6. The maximum absolute atomic E-state index is 13.9. The molecule has 3 aromatic rings. The minimum absolute atomic E-state index is 0.0272. The molecular weight excluding hydrogens is 581 g/mol. The van der Waals surface area contributed by atoms with E-state index in [2.05, 4.69) is 5.32 Å². The van der Waals surface area contributed by atoms with Gasteiger partial charge in [0.15, 0.2) is 0 Å². The van der Waals surface area contributed by atoms with Crippen LogP contribution in [0.5, 0.6) is 0 Å². The summed E-state index contributed by atoms with van der Waals surface area (Å²) >= 11 is 18.8. The molecule has 208 valence electrons. The predicted octanol–water partition coefficient (Wildman–Crippen LogP) is 6.18. The Balaban J connectivity index is 2.03. The van der Waals surface area contributed by atoms with Crippen molar-refractivity contribution in [2.75, 3.05) is 17.4 Å². The van der Waals surface area contributed by atoms with Gasteiger partial charge in [-0.1, -0.05) is 78.5 Å². The molecular formula is C28H30Cl3N3O4S. The SMILES string of the molecule is CCCCNC(=O)[C@@H](C)N(Cc1cccc(Cl)c1)C(=O)CN(c1cc(Cl)ccc1Cl)S(=O)(=O)c1ccccc1. The van der Waals surface area contributed by atoms with E-state index in [9.17, 15) is 18.0 Å². The van der Waals surface area contributed by atoms with Crippen molar-refractivity contribution in [2.24, 2.45) is 0 Å². The lowest BCUT2D eigenvalue weighted by molar-refractivity contribution is -0.139. The quantitative estimate of drug-likeness (QED) is 0.248. The van der Waals surface area contributed by atoms with Gasteiger partial charge < -0.3 is 10.2 Å². The van der Waals surface area contributed by atoms with Crippen molar-refractivity contribution in [3.8, 4) is 0 Å². The molecule has 3 rings (SSSR count). The number of halogens is 3. The second-order valence-corrected chi connectivity index (χ2v) is 12.0. The lowest BCUT2D eigenvalue weighted by Gasteiger charge is -2.32. The molecule has 2 amide bonds. The van der Waals surface area contributed by atoms with Crippen molar-refractivity contribution in [1.29, 1.82) is 0 Å². The molecule has 11 heteroatoms. The molecule has 1 atom stereocenters. The first-order valence-corrected chi connectivity index (χ1v) is 15.0. The Labute approximate surface area is 244 Å². The van der Waals surface area contributed by atoms with Crippen molar-refractivity contribution in [3.05, 3.63) is 93.4 Å². The van der Waals surface area contributed by atoms with Gasteiger partial charge in [-0.15, -0.1) is 0 Å². The van der Waals surface area contributed by atoms with Crippen molar-refractivity contribution in [2.45, 2.75) is 44.2 Å². The summed E-state index contributed by atoms with van der Waals surface area (Å²) in [5.41, 5.74) is 0.728. The second-order valence-electron chi connectivity index (χ2n) is 8.89. The molecule has 0 aromatic heterocycles. The van der Waals surface area contributed by atoms with Gasteiger partial charge >= 0.3 is 0 Å². The Kier molecular flexibility index (Phi) is 11.1. The summed E-state index contributed by atoms with van der Waals surface area (Å²) in [7, 11) is -4.24. The second kappa shape index (κ2) is 14.0. The van der Waals surface area contributed by atoms with Crippen LogP contribution in [0.3, 0.4) is 0 Å². The molecule has 0 aliphatic rings. The summed E-state index contributed by atoms with van der Waals surface area (Å²) in [6.07, 6.45) is 1.68. The van der Waals surface area contributed by atoms with Crippen LogP contribution < -0.4 is 9.62 Å². The van der Waals surface area contributed by atoms with E-state index in [1.807, 2.05) is 6.92 Å². The van der Waals surface area contributed by atoms with E-state index in [1.54, 1.807) is 49.4 Å². The highest BCUT2D eigenvalue weighted by Crippen LogP contribution is 2.33. The van der Waals surface area contributed by atoms with Crippen LogP contribution in [-0.2, 0) is 26.2 Å². The number of benzene rings is 3. The number of hydrogen-bond donors (Lipinski definition) is 1. The molecule has 39 heavy (non-hydrogen) atoms. The molecule has 7 nitrogen and oxygen atoms in total. The molecule has 0 saturated heterocycles. The minimum atomic E-state index is -4.24. The topological polar surface area (TPSA) is 86.8 Å². The van der Waals surface area contributed by atoms with E-state index in [4.69, 9.17) is 34.8 Å². The summed E-state index contributed by atoms with van der Waals surface area (Å²) in [6.45, 7) is 3.49. The molecule has 0 saturated carbocycles. The average molecular weight is 611 g/mol. The van der Waals surface area contributed by atoms with Crippen LogP contribution in [0.4, 0.5) is 5.69 Å². The van der Waals surface area contributed by atoms with Crippen LogP contribution in [0.1, 0.15) is 32.3 Å². The van der Waals surface area contributed by atoms with Gasteiger partial charge in [0.25, 0.3) is 10.0 Å². The Hall–Kier alpha value is -2.78. The molecule has 0 unspecified atom stereocenters. The molecule has 0 heterocycles. The van der Waals surface area contributed by atoms with Crippen LogP contribution in [0.25, 0.3) is 0 Å². The molecule has 0 aliphatic carbocycles. The number of unbranched alkanes of at least 4 members (excludes halogenated alkanes) is 1. The number of carbonyl (C=O) groups is 2. The molecule has 1 N–H and O–H groups in total. The van der Waals surface area contributed by atoms with Gasteiger partial charge in [0, 0.05) is 23.1 Å². The minimum Gasteiger partial charge on any atom is -0.354 e. The fourth-order valence-electron chi connectivity index (χ4n) is 3.86. The maximum Gasteiger partial charge on any atom is 0.264 e. The molecule has 0 fully saturated rings. The third kappa shape index (κ3) is 8.11. The number of hydrogen-bond acceptors (Lipinski definition) is 4. The molecule has 0 bridgehead atoms. The number of anilines is 1. The van der Waals surface area contributed by atoms with E-state index >= 15 is 0 Å². The summed E-state index contributed by atoms with van der Waals surface area (Å²) in [4.78, 5) is 28.2. The van der Waals surface area contributed by atoms with E-state index in [0.717, 1.165) is 17.1 Å². The monoisotopic (exact) mass is 609 g/mol. The largest absolute Gasteiger partial charge is 0.354 e. The summed E-state index contributed by atoms with van der Waals surface area (Å²) < 4.78 is 28.5. The highest BCUT2D eigenvalue weighted by atomic mass is 35.5. The van der Waals surface area contributed by atoms with E-state index in [1.165, 1.54) is 35.2 Å². The van der Waals surface area contributed by atoms with Gasteiger partial charge in [-0.2, -0.15) is 0 Å². The first kappa shape index (κ1) is 30.8. The summed E-state index contributed by atoms with van der Waals surface area (Å²) in [5, 5.41) is 3.66. The van der Waals surface area contributed by atoms with Crippen molar-refractivity contribution >= 4 is 62.3 Å². The maximum atomic E-state index is 13.9. The first-order valence-electron chi connectivity index (χ1n) is 12.4. The highest BCUT2D eigenvalue weighted by molar-refractivity contribution is 7.92.